The Morgan fingerprint density at radius 1 is 0.700 bits per heavy atom. The van der Waals surface area contributed by atoms with Crippen LogP contribution >= 0.6 is 0 Å². The predicted octanol–water partition coefficient (Wildman–Crippen LogP) is 4.69. The molecule has 3 aromatic rings. The fourth-order valence-electron chi connectivity index (χ4n) is 2.83. The Morgan fingerprint density at radius 2 is 1.23 bits per heavy atom. The number of carbonyl (C=O) groups is 2. The van der Waals surface area contributed by atoms with Crippen LogP contribution in [0.3, 0.4) is 0 Å². The van der Waals surface area contributed by atoms with Gasteiger partial charge in [0.1, 0.15) is 0 Å². The molecule has 6 nitrogen and oxygen atoms in total. The maximum atomic E-state index is 12.5. The Bertz CT molecular complexity index is 968. The molecule has 3 aromatic carbocycles. The first kappa shape index (κ1) is 21.1. The highest BCUT2D eigenvalue weighted by Gasteiger charge is 2.08. The summed E-state index contributed by atoms with van der Waals surface area (Å²) in [6, 6.07) is 23.5. The van der Waals surface area contributed by atoms with Gasteiger partial charge in [0.2, 0.25) is 0 Å². The van der Waals surface area contributed by atoms with Crippen LogP contribution < -0.4 is 16.0 Å². The standard InChI is InChI=1S/C24H26N4O2/c1-28(2)17-16-18-8-12-21(13-9-18)25-23(29)19-10-14-22(15-11-19)27-24(30)26-20-6-4-3-5-7-20/h3-15H,16-17H2,1-2H3,(H,25,29)(H2,26,27,30). The molecular formula is C24H26N4O2. The number of benzene rings is 3. The van der Waals surface area contributed by atoms with Crippen LogP contribution in [-0.2, 0) is 6.42 Å². The van der Waals surface area contributed by atoms with Gasteiger partial charge in [-0.1, -0.05) is 30.3 Å². The van der Waals surface area contributed by atoms with Crippen LogP contribution in [0.2, 0.25) is 0 Å². The zero-order valence-corrected chi connectivity index (χ0v) is 17.2. The van der Waals surface area contributed by atoms with E-state index in [2.05, 4.69) is 20.9 Å². The third-order valence-electron chi connectivity index (χ3n) is 4.50. The number of nitrogens with zero attached hydrogens (tertiary/aromatic N) is 1. The summed E-state index contributed by atoms with van der Waals surface area (Å²) in [5.41, 5.74) is 3.80. The van der Waals surface area contributed by atoms with Gasteiger partial charge in [0.15, 0.2) is 0 Å². The highest BCUT2D eigenvalue weighted by atomic mass is 16.2. The van der Waals surface area contributed by atoms with Crippen molar-refractivity contribution < 1.29 is 9.59 Å². The summed E-state index contributed by atoms with van der Waals surface area (Å²) in [6.45, 7) is 0.982. The van der Waals surface area contributed by atoms with E-state index >= 15 is 0 Å². The average molecular weight is 402 g/mol. The molecule has 0 heterocycles. The quantitative estimate of drug-likeness (QED) is 0.537. The van der Waals surface area contributed by atoms with Crippen LogP contribution in [0.4, 0.5) is 21.9 Å². The molecule has 0 fully saturated rings. The van der Waals surface area contributed by atoms with Gasteiger partial charge in [0.25, 0.3) is 5.91 Å². The minimum Gasteiger partial charge on any atom is -0.322 e. The van der Waals surface area contributed by atoms with E-state index in [1.54, 1.807) is 24.3 Å². The number of carbonyl (C=O) groups excluding carboxylic acids is 2. The summed E-state index contributed by atoms with van der Waals surface area (Å²) in [4.78, 5) is 26.7. The van der Waals surface area contributed by atoms with Crippen molar-refractivity contribution in [3.8, 4) is 0 Å². The highest BCUT2D eigenvalue weighted by molar-refractivity contribution is 6.05. The Balaban J connectivity index is 1.52. The smallest absolute Gasteiger partial charge is 0.322 e. The second-order valence-corrected chi connectivity index (χ2v) is 7.23. The molecule has 0 aliphatic carbocycles. The number of urea groups is 1. The molecule has 0 atom stereocenters. The molecule has 0 aliphatic rings. The molecule has 154 valence electrons. The fraction of sp³-hybridized carbons (Fsp3) is 0.167. The van der Waals surface area contributed by atoms with E-state index in [0.717, 1.165) is 18.7 Å². The molecule has 0 aromatic heterocycles. The molecule has 0 saturated carbocycles. The van der Waals surface area contributed by atoms with Gasteiger partial charge in [-0.05, 0) is 74.6 Å². The summed E-state index contributed by atoms with van der Waals surface area (Å²) < 4.78 is 0. The molecule has 0 radical (unpaired) electrons. The first-order valence-corrected chi connectivity index (χ1v) is 9.78. The zero-order chi connectivity index (χ0) is 21.3. The van der Waals surface area contributed by atoms with E-state index < -0.39 is 0 Å². The Hall–Kier alpha value is -3.64. The molecule has 0 unspecified atom stereocenters. The maximum absolute atomic E-state index is 12.5. The van der Waals surface area contributed by atoms with Crippen LogP contribution in [0.5, 0.6) is 0 Å². The first-order chi connectivity index (χ1) is 14.5. The summed E-state index contributed by atoms with van der Waals surface area (Å²) in [5, 5.41) is 8.39. The van der Waals surface area contributed by atoms with Gasteiger partial charge in [0, 0.05) is 29.2 Å². The Kier molecular flexibility index (Phi) is 7.19. The fourth-order valence-corrected chi connectivity index (χ4v) is 2.83. The summed E-state index contributed by atoms with van der Waals surface area (Å²) in [5.74, 6) is -0.198. The van der Waals surface area contributed by atoms with Crippen LogP contribution in [0.1, 0.15) is 15.9 Å². The second kappa shape index (κ2) is 10.2. The van der Waals surface area contributed by atoms with E-state index in [-0.39, 0.29) is 11.9 Å². The molecule has 3 rings (SSSR count). The van der Waals surface area contributed by atoms with E-state index in [4.69, 9.17) is 0 Å². The van der Waals surface area contributed by atoms with Gasteiger partial charge in [-0.2, -0.15) is 0 Å². The lowest BCUT2D eigenvalue weighted by atomic mass is 10.1. The number of rotatable bonds is 7. The van der Waals surface area contributed by atoms with E-state index in [1.165, 1.54) is 5.56 Å². The van der Waals surface area contributed by atoms with Crippen LogP contribution in [0.25, 0.3) is 0 Å². The lowest BCUT2D eigenvalue weighted by Gasteiger charge is -2.10. The molecular weight excluding hydrogens is 376 g/mol. The number of hydrogen-bond acceptors (Lipinski definition) is 3. The maximum Gasteiger partial charge on any atom is 0.323 e. The summed E-state index contributed by atoms with van der Waals surface area (Å²) in [7, 11) is 4.09. The summed E-state index contributed by atoms with van der Waals surface area (Å²) in [6.07, 6.45) is 0.966. The van der Waals surface area contributed by atoms with Crippen molar-refractivity contribution in [2.75, 3.05) is 36.6 Å². The lowest BCUT2D eigenvalue weighted by Crippen LogP contribution is -2.19. The normalized spacial score (nSPS) is 10.5. The van der Waals surface area contributed by atoms with E-state index in [9.17, 15) is 9.59 Å². The minimum atomic E-state index is -0.340. The van der Waals surface area contributed by atoms with Gasteiger partial charge < -0.3 is 20.9 Å². The molecule has 3 N–H and O–H groups in total. The average Bonchev–Trinajstić information content (AvgIpc) is 2.74. The van der Waals surface area contributed by atoms with Crippen molar-refractivity contribution in [3.63, 3.8) is 0 Å². The second-order valence-electron chi connectivity index (χ2n) is 7.23. The predicted molar refractivity (Wildman–Crippen MR) is 122 cm³/mol. The van der Waals surface area contributed by atoms with Crippen molar-refractivity contribution in [2.24, 2.45) is 0 Å². The number of likely N-dealkylation sites (N-methyl/N-ethyl adjacent to an activating group) is 1. The van der Waals surface area contributed by atoms with Crippen LogP contribution in [0, 0.1) is 0 Å². The minimum absolute atomic E-state index is 0.198. The van der Waals surface area contributed by atoms with Crippen LogP contribution in [0.15, 0.2) is 78.9 Å². The van der Waals surface area contributed by atoms with E-state index in [1.807, 2.05) is 68.7 Å². The first-order valence-electron chi connectivity index (χ1n) is 9.78. The Morgan fingerprint density at radius 3 is 1.83 bits per heavy atom. The molecule has 0 spiro atoms. The van der Waals surface area contributed by atoms with Gasteiger partial charge in [-0.25, -0.2) is 4.79 Å². The number of anilines is 3. The summed E-state index contributed by atoms with van der Waals surface area (Å²) >= 11 is 0. The monoisotopic (exact) mass is 402 g/mol. The van der Waals surface area contributed by atoms with Crippen molar-refractivity contribution in [1.29, 1.82) is 0 Å². The molecule has 6 heteroatoms. The zero-order valence-electron chi connectivity index (χ0n) is 17.2. The van der Waals surface area contributed by atoms with Gasteiger partial charge in [-0.3, -0.25) is 4.79 Å². The number of hydrogen-bond donors (Lipinski definition) is 3. The highest BCUT2D eigenvalue weighted by Crippen LogP contribution is 2.15. The van der Waals surface area contributed by atoms with E-state index in [0.29, 0.717) is 16.9 Å². The number of para-hydroxylation sites is 1. The number of nitrogens with one attached hydrogen (secondary N) is 3. The van der Waals surface area contributed by atoms with Crippen molar-refractivity contribution in [3.05, 3.63) is 90.0 Å². The number of amides is 3. The van der Waals surface area contributed by atoms with Gasteiger partial charge >= 0.3 is 6.03 Å². The Labute approximate surface area is 176 Å². The molecule has 0 aliphatic heterocycles. The lowest BCUT2D eigenvalue weighted by molar-refractivity contribution is 0.102. The topological polar surface area (TPSA) is 73.5 Å². The van der Waals surface area contributed by atoms with Crippen LogP contribution in [-0.4, -0.2) is 37.5 Å². The van der Waals surface area contributed by atoms with Gasteiger partial charge in [0.05, 0.1) is 0 Å². The largest absolute Gasteiger partial charge is 0.323 e. The van der Waals surface area contributed by atoms with Crippen molar-refractivity contribution in [1.82, 2.24) is 4.90 Å². The molecule has 0 saturated heterocycles. The van der Waals surface area contributed by atoms with Gasteiger partial charge in [-0.15, -0.1) is 0 Å². The molecule has 30 heavy (non-hydrogen) atoms. The molecule has 3 amide bonds. The molecule has 0 bridgehead atoms. The SMILES string of the molecule is CN(C)CCc1ccc(NC(=O)c2ccc(NC(=O)Nc3ccccc3)cc2)cc1. The van der Waals surface area contributed by atoms with Crippen molar-refractivity contribution >= 4 is 29.0 Å². The third-order valence-corrected chi connectivity index (χ3v) is 4.50. The third kappa shape index (κ3) is 6.46. The van der Waals surface area contributed by atoms with Crippen molar-refractivity contribution in [2.45, 2.75) is 6.42 Å².